The van der Waals surface area contributed by atoms with Crippen molar-refractivity contribution in [2.45, 2.75) is 26.3 Å². The number of ether oxygens (including phenoxy) is 1. The van der Waals surface area contributed by atoms with Gasteiger partial charge in [-0.2, -0.15) is 0 Å². The second-order valence-electron chi connectivity index (χ2n) is 5.00. The van der Waals surface area contributed by atoms with E-state index in [4.69, 9.17) is 4.74 Å². The van der Waals surface area contributed by atoms with Gasteiger partial charge in [0.05, 0.1) is 5.54 Å². The molecule has 0 heterocycles. The van der Waals surface area contributed by atoms with E-state index >= 15 is 0 Å². The normalized spacial score (nSPS) is 10.7. The van der Waals surface area contributed by atoms with Crippen LogP contribution in [0, 0.1) is 0 Å². The van der Waals surface area contributed by atoms with E-state index in [-0.39, 0.29) is 6.61 Å². The van der Waals surface area contributed by atoms with Gasteiger partial charge < -0.3 is 10.1 Å². The van der Waals surface area contributed by atoms with Crippen molar-refractivity contribution in [1.82, 2.24) is 5.32 Å². The fourth-order valence-electron chi connectivity index (χ4n) is 1.67. The van der Waals surface area contributed by atoms with Crippen molar-refractivity contribution in [3.63, 3.8) is 0 Å². The van der Waals surface area contributed by atoms with Crippen LogP contribution in [-0.4, -0.2) is 12.7 Å². The Morgan fingerprint density at radius 3 is 2.74 bits per heavy atom. The Morgan fingerprint density at radius 1 is 1.47 bits per heavy atom. The molecule has 0 saturated heterocycles. The van der Waals surface area contributed by atoms with Gasteiger partial charge in [0, 0.05) is 0 Å². The topological polar surface area (TPSA) is 38.3 Å². The Kier molecular flexibility index (Phi) is 4.93. The molecular weight excluding hydrogens is 238 g/mol. The molecule has 3 nitrogen and oxygen atoms in total. The summed E-state index contributed by atoms with van der Waals surface area (Å²) in [7, 11) is 0. The minimum atomic E-state index is -0.510. The quantitative estimate of drug-likeness (QED) is 0.815. The second-order valence-corrected chi connectivity index (χ2v) is 5.00. The van der Waals surface area contributed by atoms with Crippen molar-refractivity contribution >= 4 is 11.7 Å². The smallest absolute Gasteiger partial charge is 0.408 e. The zero-order chi connectivity index (χ0) is 14.5. The molecule has 1 amide bonds. The highest BCUT2D eigenvalue weighted by Crippen LogP contribution is 2.23. The second kappa shape index (κ2) is 6.23. The third-order valence-electron chi connectivity index (χ3n) is 2.82. The first-order valence-electron chi connectivity index (χ1n) is 6.19. The Labute approximate surface area is 115 Å². The Morgan fingerprint density at radius 2 is 2.16 bits per heavy atom. The van der Waals surface area contributed by atoms with E-state index < -0.39 is 11.6 Å². The number of allylic oxidation sites excluding steroid dienone is 1. The highest BCUT2D eigenvalue weighted by atomic mass is 16.5. The van der Waals surface area contributed by atoms with Gasteiger partial charge in [-0.15, -0.1) is 0 Å². The lowest BCUT2D eigenvalue weighted by Gasteiger charge is -2.26. The van der Waals surface area contributed by atoms with Gasteiger partial charge in [0.15, 0.2) is 0 Å². The summed E-state index contributed by atoms with van der Waals surface area (Å²) in [5.74, 6) is 0. The molecule has 0 spiro atoms. The number of alkyl carbamates (subject to hydrolysis) is 1. The van der Waals surface area contributed by atoms with Gasteiger partial charge in [-0.05, 0) is 38.0 Å². The predicted molar refractivity (Wildman–Crippen MR) is 78.9 cm³/mol. The summed E-state index contributed by atoms with van der Waals surface area (Å²) in [6, 6.07) is 7.95. The standard InChI is InChI=1S/C16H21NO2/c1-6-10-19-15(18)17-16(4,5)14-9-7-8-13(11-14)12(2)3/h6-9,11H,1-2,10H2,3-5H3,(H,17,18). The molecule has 0 aromatic heterocycles. The van der Waals surface area contributed by atoms with Crippen molar-refractivity contribution in [2.24, 2.45) is 0 Å². The van der Waals surface area contributed by atoms with Crippen molar-refractivity contribution in [3.05, 3.63) is 54.6 Å². The van der Waals surface area contributed by atoms with Gasteiger partial charge in [-0.25, -0.2) is 4.79 Å². The highest BCUT2D eigenvalue weighted by molar-refractivity contribution is 5.69. The maximum absolute atomic E-state index is 11.6. The number of rotatable bonds is 5. The van der Waals surface area contributed by atoms with Crippen LogP contribution in [0.1, 0.15) is 31.9 Å². The van der Waals surface area contributed by atoms with Crippen LogP contribution in [-0.2, 0) is 10.3 Å². The SMILES string of the molecule is C=CCOC(=O)NC(C)(C)c1cccc(C(=C)C)c1. The summed E-state index contributed by atoms with van der Waals surface area (Å²) in [5.41, 5.74) is 2.55. The van der Waals surface area contributed by atoms with Crippen LogP contribution >= 0.6 is 0 Å². The zero-order valence-electron chi connectivity index (χ0n) is 11.8. The van der Waals surface area contributed by atoms with Crippen molar-refractivity contribution in [3.8, 4) is 0 Å². The third-order valence-corrected chi connectivity index (χ3v) is 2.82. The molecule has 1 N–H and O–H groups in total. The van der Waals surface area contributed by atoms with Crippen LogP contribution in [0.3, 0.4) is 0 Å². The summed E-state index contributed by atoms with van der Waals surface area (Å²) in [4.78, 5) is 11.6. The van der Waals surface area contributed by atoms with E-state index in [2.05, 4.69) is 18.5 Å². The molecular formula is C16H21NO2. The molecule has 0 aliphatic heterocycles. The molecule has 3 heteroatoms. The summed E-state index contributed by atoms with van der Waals surface area (Å²) < 4.78 is 4.94. The van der Waals surface area contributed by atoms with Crippen LogP contribution in [0.2, 0.25) is 0 Å². The minimum absolute atomic E-state index is 0.202. The molecule has 102 valence electrons. The van der Waals surface area contributed by atoms with Gasteiger partial charge in [0.25, 0.3) is 0 Å². The molecule has 0 aliphatic rings. The molecule has 0 radical (unpaired) electrons. The van der Waals surface area contributed by atoms with Crippen LogP contribution < -0.4 is 5.32 Å². The first kappa shape index (κ1) is 15.0. The van der Waals surface area contributed by atoms with E-state index in [1.165, 1.54) is 6.08 Å². The highest BCUT2D eigenvalue weighted by Gasteiger charge is 2.23. The first-order chi connectivity index (χ1) is 8.86. The van der Waals surface area contributed by atoms with Crippen molar-refractivity contribution in [2.75, 3.05) is 6.61 Å². The van der Waals surface area contributed by atoms with E-state index in [0.717, 1.165) is 16.7 Å². The van der Waals surface area contributed by atoms with Crippen molar-refractivity contribution in [1.29, 1.82) is 0 Å². The molecule has 19 heavy (non-hydrogen) atoms. The maximum Gasteiger partial charge on any atom is 0.408 e. The van der Waals surface area contributed by atoms with E-state index in [9.17, 15) is 4.79 Å². The fraction of sp³-hybridized carbons (Fsp3) is 0.312. The minimum Gasteiger partial charge on any atom is -0.445 e. The van der Waals surface area contributed by atoms with Gasteiger partial charge in [-0.1, -0.05) is 43.0 Å². The number of hydrogen-bond donors (Lipinski definition) is 1. The lowest BCUT2D eigenvalue weighted by Crippen LogP contribution is -2.41. The Bertz CT molecular complexity index is 489. The van der Waals surface area contributed by atoms with Gasteiger partial charge in [0.2, 0.25) is 0 Å². The lowest BCUT2D eigenvalue weighted by molar-refractivity contribution is 0.147. The van der Waals surface area contributed by atoms with Crippen LogP contribution in [0.4, 0.5) is 4.79 Å². The van der Waals surface area contributed by atoms with Crippen molar-refractivity contribution < 1.29 is 9.53 Å². The fourth-order valence-corrected chi connectivity index (χ4v) is 1.67. The molecule has 1 rings (SSSR count). The average Bonchev–Trinajstić information content (AvgIpc) is 2.36. The molecule has 0 fully saturated rings. The first-order valence-corrected chi connectivity index (χ1v) is 6.19. The molecule has 1 aromatic carbocycles. The average molecular weight is 259 g/mol. The van der Waals surface area contributed by atoms with Gasteiger partial charge in [0.1, 0.15) is 6.61 Å². The Hall–Kier alpha value is -2.03. The number of carbonyl (C=O) groups is 1. The summed E-state index contributed by atoms with van der Waals surface area (Å²) >= 11 is 0. The lowest BCUT2D eigenvalue weighted by atomic mass is 9.92. The predicted octanol–water partition coefficient (Wildman–Crippen LogP) is 3.87. The Balaban J connectivity index is 2.87. The van der Waals surface area contributed by atoms with Gasteiger partial charge in [-0.3, -0.25) is 0 Å². The summed E-state index contributed by atoms with van der Waals surface area (Å²) in [6.45, 7) is 13.4. The van der Waals surface area contributed by atoms with E-state index in [0.29, 0.717) is 0 Å². The monoisotopic (exact) mass is 259 g/mol. The number of hydrogen-bond acceptors (Lipinski definition) is 2. The number of amides is 1. The number of carbonyl (C=O) groups excluding carboxylic acids is 1. The molecule has 0 saturated carbocycles. The largest absolute Gasteiger partial charge is 0.445 e. The molecule has 1 aromatic rings. The summed E-state index contributed by atoms with van der Waals surface area (Å²) in [5, 5.41) is 2.83. The molecule has 0 aliphatic carbocycles. The number of nitrogens with one attached hydrogen (secondary N) is 1. The maximum atomic E-state index is 11.6. The molecule has 0 bridgehead atoms. The summed E-state index contributed by atoms with van der Waals surface area (Å²) in [6.07, 6.45) is 1.08. The van der Waals surface area contributed by atoms with Crippen LogP contribution in [0.15, 0.2) is 43.5 Å². The third kappa shape index (κ3) is 4.28. The van der Waals surface area contributed by atoms with Gasteiger partial charge >= 0.3 is 6.09 Å². The zero-order valence-corrected chi connectivity index (χ0v) is 11.8. The van der Waals surface area contributed by atoms with Crippen LogP contribution in [0.5, 0.6) is 0 Å². The molecule has 0 unspecified atom stereocenters. The molecule has 0 atom stereocenters. The van der Waals surface area contributed by atoms with Crippen LogP contribution in [0.25, 0.3) is 5.57 Å². The van der Waals surface area contributed by atoms with E-state index in [1.54, 1.807) is 0 Å². The van der Waals surface area contributed by atoms with E-state index in [1.807, 2.05) is 45.0 Å². The number of benzene rings is 1.